The predicted octanol–water partition coefficient (Wildman–Crippen LogP) is 2.59. The second-order valence-electron chi connectivity index (χ2n) is 5.26. The number of rotatable bonds is 3. The van der Waals surface area contributed by atoms with Crippen LogP contribution in [0.3, 0.4) is 0 Å². The molecule has 4 heteroatoms. The number of nitrogens with zero attached hydrogens (tertiary/aromatic N) is 2. The van der Waals surface area contributed by atoms with Gasteiger partial charge in [-0.05, 0) is 31.5 Å². The summed E-state index contributed by atoms with van der Waals surface area (Å²) >= 11 is 5.81. The quantitative estimate of drug-likeness (QED) is 0.795. The van der Waals surface area contributed by atoms with Crippen molar-refractivity contribution in [1.82, 2.24) is 9.80 Å². The molecule has 0 unspecified atom stereocenters. The number of halogens is 1. The first kappa shape index (κ1) is 14.4. The lowest BCUT2D eigenvalue weighted by Gasteiger charge is -2.37. The molecular formula is C15H21ClN2O. The molecule has 1 aromatic carbocycles. The van der Waals surface area contributed by atoms with Gasteiger partial charge in [0.25, 0.3) is 5.91 Å². The number of carbonyl (C=O) groups excluding carboxylic acids is 1. The Labute approximate surface area is 120 Å². The van der Waals surface area contributed by atoms with Gasteiger partial charge in [0, 0.05) is 43.7 Å². The molecule has 1 amide bonds. The van der Waals surface area contributed by atoms with Crippen LogP contribution in [0.1, 0.15) is 29.8 Å². The Morgan fingerprint density at radius 3 is 2.53 bits per heavy atom. The second-order valence-corrected chi connectivity index (χ2v) is 5.52. The summed E-state index contributed by atoms with van der Waals surface area (Å²) in [4.78, 5) is 16.7. The molecule has 1 aromatic rings. The van der Waals surface area contributed by atoms with Crippen LogP contribution in [-0.2, 0) is 5.88 Å². The summed E-state index contributed by atoms with van der Waals surface area (Å²) in [7, 11) is 0. The highest BCUT2D eigenvalue weighted by molar-refractivity contribution is 6.17. The lowest BCUT2D eigenvalue weighted by molar-refractivity contribution is 0.0595. The fraction of sp³-hybridized carbons (Fsp3) is 0.533. The van der Waals surface area contributed by atoms with Crippen LogP contribution in [0.15, 0.2) is 24.3 Å². The van der Waals surface area contributed by atoms with E-state index >= 15 is 0 Å². The Bertz CT molecular complexity index is 440. The zero-order valence-corrected chi connectivity index (χ0v) is 12.4. The molecule has 0 spiro atoms. The molecule has 1 aliphatic rings. The minimum Gasteiger partial charge on any atom is -0.336 e. The number of alkyl halides is 1. The SMILES string of the molecule is CC(C)N1CCN(C(=O)c2cccc(CCl)c2)CC1. The van der Waals surface area contributed by atoms with Gasteiger partial charge in [-0.2, -0.15) is 0 Å². The molecule has 0 aliphatic carbocycles. The van der Waals surface area contributed by atoms with Crippen molar-refractivity contribution >= 4 is 17.5 Å². The van der Waals surface area contributed by atoms with E-state index in [0.717, 1.165) is 37.3 Å². The van der Waals surface area contributed by atoms with Gasteiger partial charge in [-0.15, -0.1) is 11.6 Å². The molecule has 0 radical (unpaired) electrons. The maximum absolute atomic E-state index is 12.4. The van der Waals surface area contributed by atoms with Gasteiger partial charge in [-0.3, -0.25) is 9.69 Å². The highest BCUT2D eigenvalue weighted by atomic mass is 35.5. The van der Waals surface area contributed by atoms with Crippen LogP contribution < -0.4 is 0 Å². The summed E-state index contributed by atoms with van der Waals surface area (Å²) in [6, 6.07) is 8.16. The van der Waals surface area contributed by atoms with Crippen LogP contribution in [0.4, 0.5) is 0 Å². The molecule has 0 saturated carbocycles. The Kier molecular flexibility index (Phi) is 4.83. The summed E-state index contributed by atoms with van der Waals surface area (Å²) in [6.07, 6.45) is 0. The molecule has 1 heterocycles. The maximum Gasteiger partial charge on any atom is 0.253 e. The molecule has 104 valence electrons. The molecule has 3 nitrogen and oxygen atoms in total. The maximum atomic E-state index is 12.4. The largest absolute Gasteiger partial charge is 0.336 e. The molecule has 19 heavy (non-hydrogen) atoms. The van der Waals surface area contributed by atoms with E-state index in [2.05, 4.69) is 18.7 Å². The Morgan fingerprint density at radius 1 is 1.26 bits per heavy atom. The highest BCUT2D eigenvalue weighted by Gasteiger charge is 2.23. The molecular weight excluding hydrogens is 260 g/mol. The van der Waals surface area contributed by atoms with Crippen molar-refractivity contribution in [3.05, 3.63) is 35.4 Å². The molecule has 2 rings (SSSR count). The fourth-order valence-electron chi connectivity index (χ4n) is 2.41. The van der Waals surface area contributed by atoms with E-state index in [1.165, 1.54) is 0 Å². The number of benzene rings is 1. The van der Waals surface area contributed by atoms with E-state index in [9.17, 15) is 4.79 Å². The van der Waals surface area contributed by atoms with Gasteiger partial charge in [-0.25, -0.2) is 0 Å². The first-order valence-electron chi connectivity index (χ1n) is 6.80. The van der Waals surface area contributed by atoms with Crippen molar-refractivity contribution in [2.75, 3.05) is 26.2 Å². The van der Waals surface area contributed by atoms with E-state index in [4.69, 9.17) is 11.6 Å². The van der Waals surface area contributed by atoms with Gasteiger partial charge in [0.1, 0.15) is 0 Å². The zero-order valence-electron chi connectivity index (χ0n) is 11.6. The number of hydrogen-bond donors (Lipinski definition) is 0. The molecule has 0 aromatic heterocycles. The Morgan fingerprint density at radius 2 is 1.95 bits per heavy atom. The van der Waals surface area contributed by atoms with Crippen LogP contribution in [0.2, 0.25) is 0 Å². The number of carbonyl (C=O) groups is 1. The van der Waals surface area contributed by atoms with Gasteiger partial charge in [0.05, 0.1) is 0 Å². The minimum atomic E-state index is 0.121. The zero-order chi connectivity index (χ0) is 13.8. The van der Waals surface area contributed by atoms with Crippen LogP contribution in [0.5, 0.6) is 0 Å². The number of piperazine rings is 1. The van der Waals surface area contributed by atoms with E-state index < -0.39 is 0 Å². The van der Waals surface area contributed by atoms with Gasteiger partial charge in [-0.1, -0.05) is 12.1 Å². The standard InChI is InChI=1S/C15H21ClN2O/c1-12(2)17-6-8-18(9-7-17)15(19)14-5-3-4-13(10-14)11-16/h3-5,10,12H,6-9,11H2,1-2H3. The molecule has 1 saturated heterocycles. The average Bonchev–Trinajstić information content (AvgIpc) is 2.46. The fourth-order valence-corrected chi connectivity index (χ4v) is 2.58. The van der Waals surface area contributed by atoms with Gasteiger partial charge >= 0.3 is 0 Å². The third kappa shape index (κ3) is 3.48. The molecule has 1 aliphatic heterocycles. The van der Waals surface area contributed by atoms with Crippen molar-refractivity contribution in [2.45, 2.75) is 25.8 Å². The lowest BCUT2D eigenvalue weighted by Crippen LogP contribution is -2.50. The van der Waals surface area contributed by atoms with Crippen LogP contribution in [-0.4, -0.2) is 47.9 Å². The second kappa shape index (κ2) is 6.40. The molecule has 1 fully saturated rings. The third-order valence-corrected chi connectivity index (χ3v) is 3.97. The summed E-state index contributed by atoms with van der Waals surface area (Å²) in [5.41, 5.74) is 1.74. The summed E-state index contributed by atoms with van der Waals surface area (Å²) in [5.74, 6) is 0.567. The van der Waals surface area contributed by atoms with E-state index in [1.54, 1.807) is 0 Å². The Hall–Kier alpha value is -1.06. The normalized spacial score (nSPS) is 16.9. The molecule has 0 bridgehead atoms. The number of hydrogen-bond acceptors (Lipinski definition) is 2. The summed E-state index contributed by atoms with van der Waals surface area (Å²) < 4.78 is 0. The van der Waals surface area contributed by atoms with Gasteiger partial charge < -0.3 is 4.90 Å². The van der Waals surface area contributed by atoms with Crippen molar-refractivity contribution in [3.63, 3.8) is 0 Å². The van der Waals surface area contributed by atoms with Crippen molar-refractivity contribution < 1.29 is 4.79 Å². The molecule has 0 N–H and O–H groups in total. The van der Waals surface area contributed by atoms with E-state index in [-0.39, 0.29) is 5.91 Å². The first-order valence-corrected chi connectivity index (χ1v) is 7.33. The van der Waals surface area contributed by atoms with Crippen molar-refractivity contribution in [2.24, 2.45) is 0 Å². The van der Waals surface area contributed by atoms with E-state index in [0.29, 0.717) is 11.9 Å². The summed E-state index contributed by atoms with van der Waals surface area (Å²) in [6.45, 7) is 7.92. The minimum absolute atomic E-state index is 0.121. The Balaban J connectivity index is 2.01. The van der Waals surface area contributed by atoms with Crippen LogP contribution in [0.25, 0.3) is 0 Å². The van der Waals surface area contributed by atoms with Gasteiger partial charge in [0.15, 0.2) is 0 Å². The topological polar surface area (TPSA) is 23.6 Å². The highest BCUT2D eigenvalue weighted by Crippen LogP contribution is 2.13. The monoisotopic (exact) mass is 280 g/mol. The predicted molar refractivity (Wildman–Crippen MR) is 78.6 cm³/mol. The average molecular weight is 281 g/mol. The van der Waals surface area contributed by atoms with Crippen LogP contribution in [0, 0.1) is 0 Å². The van der Waals surface area contributed by atoms with Crippen molar-refractivity contribution in [1.29, 1.82) is 0 Å². The van der Waals surface area contributed by atoms with E-state index in [1.807, 2.05) is 29.2 Å². The lowest BCUT2D eigenvalue weighted by atomic mass is 10.1. The summed E-state index contributed by atoms with van der Waals surface area (Å²) in [5, 5.41) is 0. The van der Waals surface area contributed by atoms with Gasteiger partial charge in [0.2, 0.25) is 0 Å². The van der Waals surface area contributed by atoms with Crippen molar-refractivity contribution in [3.8, 4) is 0 Å². The first-order chi connectivity index (χ1) is 9.11. The molecule has 0 atom stereocenters. The number of amides is 1. The van der Waals surface area contributed by atoms with Crippen LogP contribution >= 0.6 is 11.6 Å². The smallest absolute Gasteiger partial charge is 0.253 e. The third-order valence-electron chi connectivity index (χ3n) is 3.66.